The van der Waals surface area contributed by atoms with Crippen LogP contribution in [0.5, 0.6) is 0 Å². The summed E-state index contributed by atoms with van der Waals surface area (Å²) in [5.74, 6) is 0. The first-order valence-electron chi connectivity index (χ1n) is 10.0. The van der Waals surface area contributed by atoms with Crippen LogP contribution in [0.25, 0.3) is 11.0 Å². The topological polar surface area (TPSA) is 87.5 Å². The van der Waals surface area contributed by atoms with E-state index in [1.165, 1.54) is 6.33 Å². The van der Waals surface area contributed by atoms with Crippen LogP contribution >= 0.6 is 27.5 Å². The Kier molecular flexibility index (Phi) is 8.90. The number of hydrogen-bond donors (Lipinski definition) is 1. The Morgan fingerprint density at radius 3 is 2.40 bits per heavy atom. The van der Waals surface area contributed by atoms with Gasteiger partial charge in [-0.3, -0.25) is 0 Å². The van der Waals surface area contributed by atoms with Gasteiger partial charge in [0.2, 0.25) is 0 Å². The quantitative estimate of drug-likeness (QED) is 0.371. The number of ether oxygens (including phenoxy) is 3. The van der Waals surface area contributed by atoms with E-state index in [4.69, 9.17) is 25.8 Å². The fourth-order valence-electron chi connectivity index (χ4n) is 3.01. The number of rotatable bonds is 9. The van der Waals surface area contributed by atoms with Gasteiger partial charge in [0.15, 0.2) is 6.29 Å². The molecule has 0 aromatic carbocycles. The average Bonchev–Trinajstić information content (AvgIpc) is 2.92. The van der Waals surface area contributed by atoms with Gasteiger partial charge >= 0.3 is 6.09 Å². The van der Waals surface area contributed by atoms with Crippen molar-refractivity contribution in [2.75, 3.05) is 13.2 Å². The molecule has 0 bridgehead atoms. The Bertz CT molecular complexity index is 863. The fourth-order valence-corrected chi connectivity index (χ4v) is 4.11. The van der Waals surface area contributed by atoms with Crippen LogP contribution in [0.4, 0.5) is 4.79 Å². The van der Waals surface area contributed by atoms with Crippen molar-refractivity contribution in [3.8, 4) is 0 Å². The summed E-state index contributed by atoms with van der Waals surface area (Å²) in [6.07, 6.45) is 1.00. The summed E-state index contributed by atoms with van der Waals surface area (Å²) in [4.78, 5) is 20.9. The van der Waals surface area contributed by atoms with E-state index >= 15 is 0 Å². The molecule has 168 valence electrons. The van der Waals surface area contributed by atoms with E-state index in [1.54, 1.807) is 0 Å². The molecule has 0 aliphatic carbocycles. The molecule has 1 amide bonds. The zero-order chi connectivity index (χ0) is 22.5. The molecule has 8 nitrogen and oxygen atoms in total. The van der Waals surface area contributed by atoms with E-state index in [0.29, 0.717) is 46.8 Å². The van der Waals surface area contributed by atoms with E-state index in [2.05, 4.69) is 31.2 Å². The van der Waals surface area contributed by atoms with Crippen LogP contribution in [0.15, 0.2) is 10.8 Å². The SMILES string of the molecule is CCOC(OCC)c1c(Br)c2c(Cl)ncnc2n1CC(CC)NC(=O)OC(C)(C)C. The lowest BCUT2D eigenvalue weighted by Crippen LogP contribution is -2.41. The Morgan fingerprint density at radius 1 is 1.23 bits per heavy atom. The van der Waals surface area contributed by atoms with Gasteiger partial charge in [-0.05, 0) is 57.0 Å². The van der Waals surface area contributed by atoms with Crippen molar-refractivity contribution in [3.63, 3.8) is 0 Å². The highest BCUT2D eigenvalue weighted by molar-refractivity contribution is 9.10. The molecule has 1 atom stereocenters. The smallest absolute Gasteiger partial charge is 0.407 e. The van der Waals surface area contributed by atoms with E-state index in [1.807, 2.05) is 46.1 Å². The largest absolute Gasteiger partial charge is 0.444 e. The number of hydrogen-bond acceptors (Lipinski definition) is 6. The number of nitrogens with zero attached hydrogens (tertiary/aromatic N) is 3. The van der Waals surface area contributed by atoms with E-state index in [-0.39, 0.29) is 6.04 Å². The molecule has 10 heteroatoms. The van der Waals surface area contributed by atoms with Gasteiger partial charge in [-0.2, -0.15) is 0 Å². The zero-order valence-corrected chi connectivity index (χ0v) is 20.6. The molecule has 2 heterocycles. The van der Waals surface area contributed by atoms with Gasteiger partial charge in [0.25, 0.3) is 0 Å². The Balaban J connectivity index is 2.48. The zero-order valence-electron chi connectivity index (χ0n) is 18.3. The Morgan fingerprint density at radius 2 is 1.87 bits per heavy atom. The normalized spacial score (nSPS) is 13.1. The summed E-state index contributed by atoms with van der Waals surface area (Å²) >= 11 is 10.0. The maximum Gasteiger partial charge on any atom is 0.407 e. The second-order valence-electron chi connectivity index (χ2n) is 7.67. The minimum atomic E-state index is -0.626. The second-order valence-corrected chi connectivity index (χ2v) is 8.82. The highest BCUT2D eigenvalue weighted by Gasteiger charge is 2.28. The number of carbonyl (C=O) groups excluding carboxylic acids is 1. The molecule has 1 N–H and O–H groups in total. The van der Waals surface area contributed by atoms with Gasteiger partial charge in [-0.15, -0.1) is 0 Å². The number of alkyl carbamates (subject to hydrolysis) is 1. The number of fused-ring (bicyclic) bond motifs is 1. The maximum atomic E-state index is 12.3. The van der Waals surface area contributed by atoms with Crippen molar-refractivity contribution in [2.24, 2.45) is 0 Å². The van der Waals surface area contributed by atoms with Gasteiger partial charge in [0.05, 0.1) is 15.6 Å². The van der Waals surface area contributed by atoms with Crippen molar-refractivity contribution in [2.45, 2.75) is 72.4 Å². The lowest BCUT2D eigenvalue weighted by Gasteiger charge is -2.25. The van der Waals surface area contributed by atoms with Gasteiger partial charge in [-0.1, -0.05) is 18.5 Å². The highest BCUT2D eigenvalue weighted by atomic mass is 79.9. The molecule has 0 saturated carbocycles. The summed E-state index contributed by atoms with van der Waals surface area (Å²) in [5.41, 5.74) is 0.790. The molecule has 2 rings (SSSR count). The predicted molar refractivity (Wildman–Crippen MR) is 120 cm³/mol. The molecule has 1 unspecified atom stereocenters. The predicted octanol–water partition coefficient (Wildman–Crippen LogP) is 5.22. The molecule has 2 aromatic rings. The first kappa shape index (κ1) is 24.8. The minimum Gasteiger partial charge on any atom is -0.444 e. The van der Waals surface area contributed by atoms with Crippen LogP contribution in [-0.4, -0.2) is 45.5 Å². The number of amides is 1. The lowest BCUT2D eigenvalue weighted by molar-refractivity contribution is -0.144. The van der Waals surface area contributed by atoms with Crippen LogP contribution in [-0.2, 0) is 20.8 Å². The number of nitrogens with one attached hydrogen (secondary N) is 1. The fraction of sp³-hybridized carbons (Fsp3) is 0.650. The van der Waals surface area contributed by atoms with Crippen molar-refractivity contribution in [3.05, 3.63) is 21.6 Å². The number of halogens is 2. The van der Waals surface area contributed by atoms with Gasteiger partial charge in [0.1, 0.15) is 22.7 Å². The molecule has 0 fully saturated rings. The molecular weight excluding hydrogens is 476 g/mol. The molecule has 0 saturated heterocycles. The average molecular weight is 506 g/mol. The standard InChI is InChI=1S/C20H30BrClN4O4/c1-7-12(25-19(27)30-20(4,5)6)10-26-15(18(28-8-2)29-9-3)14(21)13-16(22)23-11-24-17(13)26/h11-12,18H,7-10H2,1-6H3,(H,25,27). The minimum absolute atomic E-state index is 0.209. The molecule has 0 aliphatic rings. The Labute approximate surface area is 190 Å². The van der Waals surface area contributed by atoms with E-state index < -0.39 is 18.0 Å². The van der Waals surface area contributed by atoms with Crippen molar-refractivity contribution in [1.29, 1.82) is 0 Å². The monoisotopic (exact) mass is 504 g/mol. The second kappa shape index (κ2) is 10.7. The molecule has 0 spiro atoms. The Hall–Kier alpha value is -1.42. The van der Waals surface area contributed by atoms with Crippen molar-refractivity contribution in [1.82, 2.24) is 19.9 Å². The lowest BCUT2D eigenvalue weighted by atomic mass is 10.2. The van der Waals surface area contributed by atoms with Crippen LogP contribution in [0, 0.1) is 0 Å². The van der Waals surface area contributed by atoms with Crippen LogP contribution in [0.3, 0.4) is 0 Å². The molecule has 0 radical (unpaired) electrons. The third-order valence-electron chi connectivity index (χ3n) is 4.25. The summed E-state index contributed by atoms with van der Waals surface area (Å²) in [6.45, 7) is 12.6. The highest BCUT2D eigenvalue weighted by Crippen LogP contribution is 2.38. The first-order chi connectivity index (χ1) is 14.1. The van der Waals surface area contributed by atoms with Crippen LogP contribution in [0.2, 0.25) is 5.15 Å². The van der Waals surface area contributed by atoms with Crippen LogP contribution in [0.1, 0.15) is 59.9 Å². The van der Waals surface area contributed by atoms with E-state index in [9.17, 15) is 4.79 Å². The molecule has 30 heavy (non-hydrogen) atoms. The van der Waals surface area contributed by atoms with E-state index in [0.717, 1.165) is 5.69 Å². The number of carbonyl (C=O) groups is 1. The van der Waals surface area contributed by atoms with Gasteiger partial charge in [-0.25, -0.2) is 14.8 Å². The maximum absolute atomic E-state index is 12.3. The third-order valence-corrected chi connectivity index (χ3v) is 5.34. The summed E-state index contributed by atoms with van der Waals surface area (Å²) < 4.78 is 19.8. The molecular formula is C20H30BrClN4O4. The van der Waals surface area contributed by atoms with Crippen molar-refractivity contribution >= 4 is 44.7 Å². The summed E-state index contributed by atoms with van der Waals surface area (Å²) in [5, 5.41) is 3.93. The van der Waals surface area contributed by atoms with Gasteiger partial charge < -0.3 is 24.1 Å². The van der Waals surface area contributed by atoms with Crippen molar-refractivity contribution < 1.29 is 19.0 Å². The third kappa shape index (κ3) is 6.06. The summed E-state index contributed by atoms with van der Waals surface area (Å²) in [6, 6.07) is -0.209. The number of aromatic nitrogens is 3. The first-order valence-corrected chi connectivity index (χ1v) is 11.2. The summed E-state index contributed by atoms with van der Waals surface area (Å²) in [7, 11) is 0. The molecule has 2 aromatic heterocycles. The van der Waals surface area contributed by atoms with Gasteiger partial charge in [0, 0.05) is 25.8 Å². The van der Waals surface area contributed by atoms with Crippen LogP contribution < -0.4 is 5.32 Å². The molecule has 0 aliphatic heterocycles.